The third-order valence-electron chi connectivity index (χ3n) is 5.92. The van der Waals surface area contributed by atoms with Gasteiger partial charge in [0.2, 0.25) is 6.71 Å². The average Bonchev–Trinajstić information content (AvgIpc) is 2.51. The molecule has 144 valence electrons. The maximum absolute atomic E-state index is 10.1. The molecule has 0 bridgehead atoms. The minimum Gasteiger partial charge on any atom is -0.508 e. The van der Waals surface area contributed by atoms with Gasteiger partial charge in [0.1, 0.15) is 5.75 Å². The van der Waals surface area contributed by atoms with Crippen LogP contribution in [-0.4, -0.2) is 11.8 Å². The SMILES string of the molecule is Cc1cc(C)c(B(c2c(C)cc(C)cc2C)c2c(C)cc(O)cc2C)c(C)c1. The zero-order chi connectivity index (χ0) is 20.7. The first-order chi connectivity index (χ1) is 13.1. The highest BCUT2D eigenvalue weighted by Crippen LogP contribution is 2.18. The van der Waals surface area contributed by atoms with Crippen molar-refractivity contribution in [1.82, 2.24) is 0 Å². The number of aromatic hydroxyl groups is 1. The van der Waals surface area contributed by atoms with Crippen molar-refractivity contribution in [3.8, 4) is 5.75 Å². The molecule has 0 atom stereocenters. The molecule has 0 saturated carbocycles. The Balaban J connectivity index is 2.45. The molecule has 3 aromatic carbocycles. The lowest BCUT2D eigenvalue weighted by molar-refractivity contribution is 0.474. The molecule has 0 spiro atoms. The minimum absolute atomic E-state index is 0.154. The average molecular weight is 370 g/mol. The van der Waals surface area contributed by atoms with Crippen LogP contribution in [0.3, 0.4) is 0 Å². The number of aryl methyl sites for hydroxylation is 8. The first kappa shape index (κ1) is 20.3. The smallest absolute Gasteiger partial charge is 0.243 e. The van der Waals surface area contributed by atoms with E-state index in [2.05, 4.69) is 79.7 Å². The van der Waals surface area contributed by atoms with Crippen molar-refractivity contribution < 1.29 is 5.11 Å². The fourth-order valence-corrected chi connectivity index (χ4v) is 5.13. The van der Waals surface area contributed by atoms with Gasteiger partial charge in [0.05, 0.1) is 0 Å². The van der Waals surface area contributed by atoms with Crippen molar-refractivity contribution in [2.75, 3.05) is 0 Å². The maximum Gasteiger partial charge on any atom is 0.243 e. The van der Waals surface area contributed by atoms with E-state index in [0.29, 0.717) is 5.75 Å². The van der Waals surface area contributed by atoms with Gasteiger partial charge < -0.3 is 5.11 Å². The molecular formula is C26H31BO. The molecule has 2 heteroatoms. The van der Waals surface area contributed by atoms with Crippen LogP contribution in [0.15, 0.2) is 36.4 Å². The fourth-order valence-electron chi connectivity index (χ4n) is 5.13. The number of hydrogen-bond donors (Lipinski definition) is 1. The second-order valence-electron chi connectivity index (χ2n) is 8.55. The minimum atomic E-state index is 0.154. The summed E-state index contributed by atoms with van der Waals surface area (Å²) in [5, 5.41) is 10.1. The van der Waals surface area contributed by atoms with Gasteiger partial charge in [-0.05, 0) is 67.5 Å². The van der Waals surface area contributed by atoms with Gasteiger partial charge in [0, 0.05) is 0 Å². The van der Waals surface area contributed by atoms with Crippen LogP contribution in [0.2, 0.25) is 0 Å². The number of phenols is 1. The molecule has 0 aliphatic heterocycles. The van der Waals surface area contributed by atoms with Gasteiger partial charge in [0.15, 0.2) is 0 Å². The third-order valence-corrected chi connectivity index (χ3v) is 5.92. The normalized spacial score (nSPS) is 11.0. The van der Waals surface area contributed by atoms with Gasteiger partial charge in [-0.1, -0.05) is 85.2 Å². The summed E-state index contributed by atoms with van der Waals surface area (Å²) in [6, 6.07) is 13.0. The summed E-state index contributed by atoms with van der Waals surface area (Å²) < 4.78 is 0. The molecule has 28 heavy (non-hydrogen) atoms. The van der Waals surface area contributed by atoms with Crippen molar-refractivity contribution in [1.29, 1.82) is 0 Å². The van der Waals surface area contributed by atoms with Crippen LogP contribution in [0.25, 0.3) is 0 Å². The number of benzene rings is 3. The van der Waals surface area contributed by atoms with E-state index in [1.807, 2.05) is 12.1 Å². The van der Waals surface area contributed by atoms with Crippen LogP contribution in [0.4, 0.5) is 0 Å². The highest BCUT2D eigenvalue weighted by molar-refractivity contribution is 6.97. The van der Waals surface area contributed by atoms with Crippen molar-refractivity contribution in [3.63, 3.8) is 0 Å². The molecule has 0 fully saturated rings. The second kappa shape index (κ2) is 7.51. The Bertz CT molecular complexity index is 856. The zero-order valence-corrected chi connectivity index (χ0v) is 18.5. The summed E-state index contributed by atoms with van der Waals surface area (Å²) in [6.45, 7) is 17.6. The fraction of sp³-hybridized carbons (Fsp3) is 0.308. The second-order valence-corrected chi connectivity index (χ2v) is 8.55. The molecule has 0 saturated heterocycles. The van der Waals surface area contributed by atoms with E-state index in [0.717, 1.165) is 11.1 Å². The molecule has 0 aliphatic carbocycles. The van der Waals surface area contributed by atoms with E-state index >= 15 is 0 Å². The molecule has 0 unspecified atom stereocenters. The van der Waals surface area contributed by atoms with Crippen molar-refractivity contribution >= 4 is 23.1 Å². The van der Waals surface area contributed by atoms with Crippen molar-refractivity contribution in [2.24, 2.45) is 0 Å². The van der Waals surface area contributed by atoms with Crippen LogP contribution in [0, 0.1) is 55.4 Å². The van der Waals surface area contributed by atoms with Gasteiger partial charge in [-0.3, -0.25) is 0 Å². The van der Waals surface area contributed by atoms with Crippen LogP contribution in [-0.2, 0) is 0 Å². The van der Waals surface area contributed by atoms with Crippen LogP contribution >= 0.6 is 0 Å². The van der Waals surface area contributed by atoms with Gasteiger partial charge in [-0.2, -0.15) is 0 Å². The van der Waals surface area contributed by atoms with Crippen LogP contribution in [0.5, 0.6) is 5.75 Å². The highest BCUT2D eigenvalue weighted by atomic mass is 16.3. The number of phenolic OH excluding ortho intramolecular Hbond substituents is 1. The standard InChI is InChI=1S/C26H31BO/c1-15-9-17(3)24(18(4)10-15)27(25-19(5)11-16(2)12-20(25)6)26-21(7)13-23(28)14-22(26)8/h9-14,28H,1-8H3. The Labute approximate surface area is 170 Å². The Hall–Kier alpha value is -2.48. The lowest BCUT2D eigenvalue weighted by Gasteiger charge is -2.27. The summed E-state index contributed by atoms with van der Waals surface area (Å²) >= 11 is 0. The number of rotatable bonds is 3. The molecular weight excluding hydrogens is 339 g/mol. The summed E-state index contributed by atoms with van der Waals surface area (Å²) in [5.74, 6) is 0.340. The summed E-state index contributed by atoms with van der Waals surface area (Å²) in [6.07, 6.45) is 0. The molecule has 0 amide bonds. The lowest BCUT2D eigenvalue weighted by Crippen LogP contribution is -2.57. The Morgan fingerprint density at radius 3 is 1.00 bits per heavy atom. The van der Waals surface area contributed by atoms with E-state index in [1.165, 1.54) is 49.8 Å². The summed E-state index contributed by atoms with van der Waals surface area (Å²) in [4.78, 5) is 0. The third kappa shape index (κ3) is 3.61. The Morgan fingerprint density at radius 1 is 0.464 bits per heavy atom. The van der Waals surface area contributed by atoms with Crippen LogP contribution < -0.4 is 16.4 Å². The van der Waals surface area contributed by atoms with Crippen molar-refractivity contribution in [2.45, 2.75) is 55.4 Å². The Morgan fingerprint density at radius 2 is 0.714 bits per heavy atom. The molecule has 0 aliphatic rings. The quantitative estimate of drug-likeness (QED) is 0.679. The first-order valence-electron chi connectivity index (χ1n) is 10.1. The Kier molecular flexibility index (Phi) is 5.43. The first-order valence-corrected chi connectivity index (χ1v) is 10.1. The monoisotopic (exact) mass is 370 g/mol. The molecule has 1 nitrogen and oxygen atoms in total. The predicted molar refractivity (Wildman–Crippen MR) is 124 cm³/mol. The zero-order valence-electron chi connectivity index (χ0n) is 18.5. The maximum atomic E-state index is 10.1. The molecule has 3 aromatic rings. The van der Waals surface area contributed by atoms with Crippen molar-refractivity contribution in [3.05, 3.63) is 80.9 Å². The molecule has 0 heterocycles. The highest BCUT2D eigenvalue weighted by Gasteiger charge is 2.30. The van der Waals surface area contributed by atoms with E-state index in [4.69, 9.17) is 0 Å². The van der Waals surface area contributed by atoms with Gasteiger partial charge in [-0.25, -0.2) is 0 Å². The molecule has 0 aromatic heterocycles. The molecule has 0 radical (unpaired) electrons. The van der Waals surface area contributed by atoms with Gasteiger partial charge >= 0.3 is 0 Å². The van der Waals surface area contributed by atoms with E-state index in [1.54, 1.807) is 0 Å². The number of hydrogen-bond acceptors (Lipinski definition) is 1. The predicted octanol–water partition coefficient (Wildman–Crippen LogP) is 4.38. The molecule has 1 N–H and O–H groups in total. The topological polar surface area (TPSA) is 20.2 Å². The molecule has 3 rings (SSSR count). The largest absolute Gasteiger partial charge is 0.508 e. The van der Waals surface area contributed by atoms with E-state index < -0.39 is 0 Å². The van der Waals surface area contributed by atoms with Gasteiger partial charge in [-0.15, -0.1) is 0 Å². The van der Waals surface area contributed by atoms with E-state index in [9.17, 15) is 5.11 Å². The van der Waals surface area contributed by atoms with Crippen LogP contribution in [0.1, 0.15) is 44.5 Å². The van der Waals surface area contributed by atoms with E-state index in [-0.39, 0.29) is 6.71 Å². The van der Waals surface area contributed by atoms with Gasteiger partial charge in [0.25, 0.3) is 0 Å². The summed E-state index contributed by atoms with van der Waals surface area (Å²) in [5.41, 5.74) is 14.3. The lowest BCUT2D eigenvalue weighted by atomic mass is 9.33. The summed E-state index contributed by atoms with van der Waals surface area (Å²) in [7, 11) is 0.